The third kappa shape index (κ3) is 6.16. The number of aliphatic hydroxyl groups excluding tert-OH is 1. The fraction of sp³-hybridized carbons (Fsp3) is 0.611. The summed E-state index contributed by atoms with van der Waals surface area (Å²) in [6.45, 7) is 4.96. The topological polar surface area (TPSA) is 52.6 Å². The Labute approximate surface area is 143 Å². The zero-order chi connectivity index (χ0) is 16.7. The van der Waals surface area contributed by atoms with Crippen LogP contribution in [-0.4, -0.2) is 53.7 Å². The molecule has 1 atom stereocenters. The van der Waals surface area contributed by atoms with Crippen molar-refractivity contribution in [2.24, 2.45) is 5.92 Å². The van der Waals surface area contributed by atoms with Gasteiger partial charge in [0.15, 0.2) is 0 Å². The second kappa shape index (κ2) is 9.30. The Morgan fingerprint density at radius 3 is 2.61 bits per heavy atom. The predicted molar refractivity (Wildman–Crippen MR) is 98.0 cm³/mol. The largest absolute Gasteiger partial charge is 0.393 e. The molecule has 1 amide bonds. The van der Waals surface area contributed by atoms with Gasteiger partial charge >= 0.3 is 0 Å². The van der Waals surface area contributed by atoms with E-state index >= 15 is 0 Å². The molecule has 1 aliphatic rings. The molecule has 1 fully saturated rings. The molecular weight excluding hydrogens is 308 g/mol. The van der Waals surface area contributed by atoms with Crippen molar-refractivity contribution in [2.45, 2.75) is 32.3 Å². The lowest BCUT2D eigenvalue weighted by Crippen LogP contribution is -2.37. The van der Waals surface area contributed by atoms with Crippen LogP contribution in [0.5, 0.6) is 0 Å². The summed E-state index contributed by atoms with van der Waals surface area (Å²) in [6, 6.07) is 8.15. The number of rotatable bonds is 7. The minimum absolute atomic E-state index is 0.0270. The van der Waals surface area contributed by atoms with E-state index in [0.717, 1.165) is 50.3 Å². The Balaban J connectivity index is 1.77. The van der Waals surface area contributed by atoms with Crippen LogP contribution in [0.15, 0.2) is 24.3 Å². The number of likely N-dealkylation sites (tertiary alicyclic amines) is 1. The molecule has 0 spiro atoms. The van der Waals surface area contributed by atoms with E-state index in [-0.39, 0.29) is 17.9 Å². The first-order valence-corrected chi connectivity index (χ1v) is 9.77. The Hall–Kier alpha value is -1.04. The van der Waals surface area contributed by atoms with Crippen molar-refractivity contribution in [1.82, 2.24) is 4.90 Å². The molecule has 1 saturated heterocycles. The number of anilines is 1. The quantitative estimate of drug-likeness (QED) is 0.804. The monoisotopic (exact) mass is 336 g/mol. The average molecular weight is 337 g/mol. The van der Waals surface area contributed by atoms with E-state index in [4.69, 9.17) is 0 Å². The van der Waals surface area contributed by atoms with Gasteiger partial charge < -0.3 is 15.3 Å². The maximum atomic E-state index is 12.0. The van der Waals surface area contributed by atoms with Gasteiger partial charge in [0, 0.05) is 37.0 Å². The molecule has 0 aromatic heterocycles. The number of nitrogens with one attached hydrogen (secondary N) is 1. The molecule has 0 bridgehead atoms. The molecule has 1 aliphatic heterocycles. The second-order valence-corrected chi connectivity index (χ2v) is 7.28. The summed E-state index contributed by atoms with van der Waals surface area (Å²) in [6.07, 6.45) is 4.69. The normalized spacial score (nSPS) is 17.9. The zero-order valence-corrected chi connectivity index (χ0v) is 14.9. The summed E-state index contributed by atoms with van der Waals surface area (Å²) < 4.78 is 0. The van der Waals surface area contributed by atoms with Crippen molar-refractivity contribution >= 4 is 23.4 Å². The number of hydrogen-bond donors (Lipinski definition) is 2. The summed E-state index contributed by atoms with van der Waals surface area (Å²) in [5.74, 6) is 0.951. The molecule has 2 rings (SSSR count). The average Bonchev–Trinajstić information content (AvgIpc) is 2.56. The number of nitrogens with zero attached hydrogens (tertiary/aromatic N) is 1. The van der Waals surface area contributed by atoms with Crippen molar-refractivity contribution in [3.8, 4) is 0 Å². The highest BCUT2D eigenvalue weighted by atomic mass is 32.2. The highest BCUT2D eigenvalue weighted by Gasteiger charge is 2.16. The van der Waals surface area contributed by atoms with Gasteiger partial charge in [0.1, 0.15) is 0 Å². The van der Waals surface area contributed by atoms with Gasteiger partial charge in [-0.05, 0) is 43.2 Å². The molecule has 0 aliphatic carbocycles. The molecule has 1 unspecified atom stereocenters. The van der Waals surface area contributed by atoms with Crippen molar-refractivity contribution < 1.29 is 9.90 Å². The summed E-state index contributed by atoms with van der Waals surface area (Å²) in [7, 11) is 0. The smallest absolute Gasteiger partial charge is 0.228 e. The summed E-state index contributed by atoms with van der Waals surface area (Å²) in [4.78, 5) is 14.4. The van der Waals surface area contributed by atoms with Gasteiger partial charge in [0.25, 0.3) is 0 Å². The van der Waals surface area contributed by atoms with Crippen molar-refractivity contribution in [3.63, 3.8) is 0 Å². The third-order valence-corrected chi connectivity index (χ3v) is 5.19. The minimum atomic E-state index is -0.109. The highest BCUT2D eigenvalue weighted by molar-refractivity contribution is 7.98. The van der Waals surface area contributed by atoms with Crippen LogP contribution in [0.4, 0.5) is 5.69 Å². The first-order chi connectivity index (χ1) is 11.1. The summed E-state index contributed by atoms with van der Waals surface area (Å²) in [5.41, 5.74) is 2.15. The van der Waals surface area contributed by atoms with Gasteiger partial charge in [0.05, 0.1) is 6.10 Å². The molecule has 1 aromatic carbocycles. The van der Waals surface area contributed by atoms with E-state index < -0.39 is 0 Å². The maximum Gasteiger partial charge on any atom is 0.228 e. The maximum absolute atomic E-state index is 12.0. The number of carbonyl (C=O) groups excluding carboxylic acids is 1. The van der Waals surface area contributed by atoms with E-state index in [0.29, 0.717) is 0 Å². The van der Waals surface area contributed by atoms with Crippen LogP contribution in [0.3, 0.4) is 0 Å². The van der Waals surface area contributed by atoms with Crippen molar-refractivity contribution in [1.29, 1.82) is 0 Å². The predicted octanol–water partition coefficient (Wildman–Crippen LogP) is 2.62. The molecule has 23 heavy (non-hydrogen) atoms. The van der Waals surface area contributed by atoms with Gasteiger partial charge in [-0.1, -0.05) is 19.1 Å². The van der Waals surface area contributed by atoms with E-state index in [1.165, 1.54) is 5.56 Å². The van der Waals surface area contributed by atoms with Crippen molar-refractivity contribution in [3.05, 3.63) is 29.8 Å². The number of hydrogen-bond acceptors (Lipinski definition) is 4. The number of aliphatic hydroxyl groups is 1. The fourth-order valence-corrected chi connectivity index (χ4v) is 3.43. The molecule has 1 heterocycles. The number of carbonyl (C=O) groups is 1. The van der Waals surface area contributed by atoms with Gasteiger partial charge in [-0.25, -0.2) is 0 Å². The second-order valence-electron chi connectivity index (χ2n) is 6.37. The van der Waals surface area contributed by atoms with Crippen LogP contribution in [0.1, 0.15) is 25.3 Å². The van der Waals surface area contributed by atoms with Crippen LogP contribution in [-0.2, 0) is 11.2 Å². The van der Waals surface area contributed by atoms with Crippen LogP contribution in [0.2, 0.25) is 0 Å². The Kier molecular flexibility index (Phi) is 7.40. The van der Waals surface area contributed by atoms with E-state index in [9.17, 15) is 9.90 Å². The number of amides is 1. The lowest BCUT2D eigenvalue weighted by molar-refractivity contribution is -0.118. The summed E-state index contributed by atoms with van der Waals surface area (Å²) >= 11 is 1.69. The summed E-state index contributed by atoms with van der Waals surface area (Å²) in [5, 5.41) is 12.5. The Morgan fingerprint density at radius 2 is 2.00 bits per heavy atom. The van der Waals surface area contributed by atoms with Crippen molar-refractivity contribution in [2.75, 3.05) is 37.0 Å². The molecule has 128 valence electrons. The Morgan fingerprint density at radius 1 is 1.35 bits per heavy atom. The van der Waals surface area contributed by atoms with Crippen LogP contribution >= 0.6 is 11.8 Å². The van der Waals surface area contributed by atoms with Gasteiger partial charge in [-0.15, -0.1) is 0 Å². The first-order valence-electron chi connectivity index (χ1n) is 8.37. The SMILES string of the molecule is CSCC(C)C(=O)Nc1ccc(CCN2CCC(O)CC2)cc1. The molecule has 1 aromatic rings. The van der Waals surface area contributed by atoms with E-state index in [2.05, 4.69) is 22.3 Å². The minimum Gasteiger partial charge on any atom is -0.393 e. The number of thioether (sulfide) groups is 1. The Bertz CT molecular complexity index is 484. The van der Waals surface area contributed by atoms with Crippen LogP contribution in [0.25, 0.3) is 0 Å². The molecule has 0 saturated carbocycles. The first kappa shape index (κ1) is 18.3. The molecule has 4 nitrogen and oxygen atoms in total. The molecule has 5 heteroatoms. The van der Waals surface area contributed by atoms with E-state index in [1.54, 1.807) is 11.8 Å². The van der Waals surface area contributed by atoms with E-state index in [1.807, 2.05) is 25.3 Å². The standard InChI is InChI=1S/C18H28N2O2S/c1-14(13-23-2)18(22)19-16-5-3-15(4-6-16)7-10-20-11-8-17(21)9-12-20/h3-6,14,17,21H,7-13H2,1-2H3,(H,19,22). The number of piperidine rings is 1. The van der Waals surface area contributed by atoms with Crippen LogP contribution < -0.4 is 5.32 Å². The number of benzene rings is 1. The van der Waals surface area contributed by atoms with Crippen LogP contribution in [0, 0.1) is 5.92 Å². The molecule has 2 N–H and O–H groups in total. The lowest BCUT2D eigenvalue weighted by Gasteiger charge is -2.29. The van der Waals surface area contributed by atoms with Gasteiger partial charge in [-0.2, -0.15) is 11.8 Å². The third-order valence-electron chi connectivity index (χ3n) is 4.36. The fourth-order valence-electron chi connectivity index (χ4n) is 2.78. The molecule has 0 radical (unpaired) electrons. The zero-order valence-electron chi connectivity index (χ0n) is 14.1. The highest BCUT2D eigenvalue weighted by Crippen LogP contribution is 2.15. The van der Waals surface area contributed by atoms with Gasteiger partial charge in [-0.3, -0.25) is 4.79 Å². The van der Waals surface area contributed by atoms with Gasteiger partial charge in [0.2, 0.25) is 5.91 Å². The molecular formula is C18H28N2O2S. The lowest BCUT2D eigenvalue weighted by atomic mass is 10.1.